The van der Waals surface area contributed by atoms with Crippen LogP contribution < -0.4 is 5.32 Å². The summed E-state index contributed by atoms with van der Waals surface area (Å²) >= 11 is 0. The molecular weight excluding hydrogens is 266 g/mol. The van der Waals surface area contributed by atoms with Gasteiger partial charge >= 0.3 is 5.69 Å². The van der Waals surface area contributed by atoms with Crippen LogP contribution >= 0.6 is 0 Å². The Morgan fingerprint density at radius 3 is 2.15 bits per heavy atom. The van der Waals surface area contributed by atoms with E-state index in [-0.39, 0.29) is 17.6 Å². The molecule has 0 bridgehead atoms. The Balaban J connectivity index is 2.98. The van der Waals surface area contributed by atoms with E-state index >= 15 is 0 Å². The molecule has 0 aromatic heterocycles. The van der Waals surface area contributed by atoms with Gasteiger partial charge in [-0.3, -0.25) is 10.1 Å². The van der Waals surface area contributed by atoms with Gasteiger partial charge in [0, 0.05) is 29.8 Å². The predicted molar refractivity (Wildman–Crippen MR) is 73.5 cm³/mol. The van der Waals surface area contributed by atoms with Crippen LogP contribution in [-0.4, -0.2) is 10.5 Å². The van der Waals surface area contributed by atoms with Crippen molar-refractivity contribution < 1.29 is 13.7 Å². The van der Waals surface area contributed by atoms with Gasteiger partial charge in [0.2, 0.25) is 5.82 Å². The van der Waals surface area contributed by atoms with Gasteiger partial charge in [0.1, 0.15) is 5.82 Å². The summed E-state index contributed by atoms with van der Waals surface area (Å²) in [6, 6.07) is 1.53. The third-order valence-corrected chi connectivity index (χ3v) is 4.00. The lowest BCUT2D eigenvalue weighted by atomic mass is 9.89. The second kappa shape index (κ2) is 6.74. The van der Waals surface area contributed by atoms with E-state index < -0.39 is 22.2 Å². The van der Waals surface area contributed by atoms with Gasteiger partial charge < -0.3 is 5.32 Å². The Labute approximate surface area is 117 Å². The van der Waals surface area contributed by atoms with Crippen molar-refractivity contribution in [3.05, 3.63) is 39.4 Å². The maximum absolute atomic E-state index is 13.7. The summed E-state index contributed by atoms with van der Waals surface area (Å²) in [5, 5.41) is 13.9. The van der Waals surface area contributed by atoms with E-state index in [9.17, 15) is 18.9 Å². The minimum atomic E-state index is -1.15. The molecule has 0 saturated heterocycles. The first-order valence-corrected chi connectivity index (χ1v) is 6.76. The van der Waals surface area contributed by atoms with Crippen LogP contribution in [0.2, 0.25) is 0 Å². The summed E-state index contributed by atoms with van der Waals surface area (Å²) in [4.78, 5) is 9.84. The van der Waals surface area contributed by atoms with Crippen LogP contribution in [0.3, 0.4) is 0 Å². The SMILES string of the molecule is CCC(CC)(CC)NCc1cc([N+](=O)[O-])c(F)cc1F. The van der Waals surface area contributed by atoms with Gasteiger partial charge in [-0.15, -0.1) is 0 Å². The molecule has 20 heavy (non-hydrogen) atoms. The number of nitrogens with one attached hydrogen (secondary N) is 1. The monoisotopic (exact) mass is 286 g/mol. The number of hydrogen-bond donors (Lipinski definition) is 1. The molecule has 0 aliphatic heterocycles. The Bertz CT molecular complexity index is 480. The van der Waals surface area contributed by atoms with Crippen molar-refractivity contribution in [2.75, 3.05) is 0 Å². The first-order valence-electron chi connectivity index (χ1n) is 6.76. The normalized spacial score (nSPS) is 11.7. The lowest BCUT2D eigenvalue weighted by Gasteiger charge is -2.32. The third-order valence-electron chi connectivity index (χ3n) is 4.00. The number of nitrogens with zero attached hydrogens (tertiary/aromatic N) is 1. The lowest BCUT2D eigenvalue weighted by Crippen LogP contribution is -2.43. The fraction of sp³-hybridized carbons (Fsp3) is 0.571. The van der Waals surface area contributed by atoms with Gasteiger partial charge in [0.15, 0.2) is 0 Å². The molecule has 112 valence electrons. The standard InChI is InChI=1S/C14H20F2N2O2/c1-4-14(5-2,6-3)17-9-10-7-13(18(19)20)12(16)8-11(10)15/h7-8,17H,4-6,9H2,1-3H3. The molecule has 6 heteroatoms. The molecule has 0 amide bonds. The van der Waals surface area contributed by atoms with Crippen molar-refractivity contribution in [3.8, 4) is 0 Å². The fourth-order valence-electron chi connectivity index (χ4n) is 2.26. The van der Waals surface area contributed by atoms with Gasteiger partial charge in [0.05, 0.1) is 4.92 Å². The highest BCUT2D eigenvalue weighted by molar-refractivity contribution is 5.37. The molecule has 0 unspecified atom stereocenters. The highest BCUT2D eigenvalue weighted by atomic mass is 19.1. The molecule has 1 aromatic carbocycles. The Hall–Kier alpha value is -1.56. The highest BCUT2D eigenvalue weighted by Gasteiger charge is 2.24. The number of nitro groups is 1. The summed E-state index contributed by atoms with van der Waals surface area (Å²) in [5.74, 6) is -1.92. The lowest BCUT2D eigenvalue weighted by molar-refractivity contribution is -0.387. The summed E-state index contributed by atoms with van der Waals surface area (Å²) in [6.07, 6.45) is 2.60. The zero-order chi connectivity index (χ0) is 15.3. The molecule has 1 N–H and O–H groups in total. The van der Waals surface area contributed by atoms with Crippen LogP contribution in [0, 0.1) is 21.7 Å². The molecule has 1 rings (SSSR count). The Kier molecular flexibility index (Phi) is 5.56. The van der Waals surface area contributed by atoms with E-state index in [4.69, 9.17) is 0 Å². The van der Waals surface area contributed by atoms with E-state index in [1.165, 1.54) is 0 Å². The second-order valence-electron chi connectivity index (χ2n) is 4.85. The minimum Gasteiger partial charge on any atom is -0.307 e. The molecule has 0 spiro atoms. The number of rotatable bonds is 7. The first kappa shape index (κ1) is 16.5. The van der Waals surface area contributed by atoms with Crippen molar-refractivity contribution in [2.45, 2.75) is 52.1 Å². The summed E-state index contributed by atoms with van der Waals surface area (Å²) < 4.78 is 26.9. The number of nitro benzene ring substituents is 1. The highest BCUT2D eigenvalue weighted by Crippen LogP contribution is 2.24. The summed E-state index contributed by atoms with van der Waals surface area (Å²) in [7, 11) is 0. The van der Waals surface area contributed by atoms with Crippen LogP contribution in [-0.2, 0) is 6.54 Å². The average molecular weight is 286 g/mol. The molecule has 0 radical (unpaired) electrons. The molecule has 0 fully saturated rings. The minimum absolute atomic E-state index is 0.109. The summed E-state index contributed by atoms with van der Waals surface area (Å²) in [6.45, 7) is 6.23. The fourth-order valence-corrected chi connectivity index (χ4v) is 2.26. The van der Waals surface area contributed by atoms with Gasteiger partial charge in [-0.05, 0) is 19.3 Å². The van der Waals surface area contributed by atoms with Crippen LogP contribution in [0.4, 0.5) is 14.5 Å². The van der Waals surface area contributed by atoms with Crippen molar-refractivity contribution in [2.24, 2.45) is 0 Å². The van der Waals surface area contributed by atoms with Crippen molar-refractivity contribution in [1.82, 2.24) is 5.32 Å². The Morgan fingerprint density at radius 1 is 1.15 bits per heavy atom. The van der Waals surface area contributed by atoms with Crippen LogP contribution in [0.1, 0.15) is 45.6 Å². The third kappa shape index (κ3) is 3.50. The molecule has 1 aromatic rings. The molecule has 4 nitrogen and oxygen atoms in total. The maximum atomic E-state index is 13.7. The van der Waals surface area contributed by atoms with E-state index in [0.29, 0.717) is 6.07 Å². The predicted octanol–water partition coefficient (Wildman–Crippen LogP) is 3.93. The first-order chi connectivity index (χ1) is 9.39. The molecule has 0 heterocycles. The van der Waals surface area contributed by atoms with Gasteiger partial charge in [-0.2, -0.15) is 4.39 Å². The summed E-state index contributed by atoms with van der Waals surface area (Å²) in [5.41, 5.74) is -0.716. The van der Waals surface area contributed by atoms with Crippen molar-refractivity contribution in [3.63, 3.8) is 0 Å². The topological polar surface area (TPSA) is 55.2 Å². The van der Waals surface area contributed by atoms with Crippen LogP contribution in [0.15, 0.2) is 12.1 Å². The maximum Gasteiger partial charge on any atom is 0.305 e. The van der Waals surface area contributed by atoms with Crippen molar-refractivity contribution >= 4 is 5.69 Å². The number of hydrogen-bond acceptors (Lipinski definition) is 3. The largest absolute Gasteiger partial charge is 0.307 e. The van der Waals surface area contributed by atoms with Crippen molar-refractivity contribution in [1.29, 1.82) is 0 Å². The number of halogens is 2. The van der Waals surface area contributed by atoms with Crippen LogP contribution in [0.5, 0.6) is 0 Å². The molecule has 0 aliphatic rings. The van der Waals surface area contributed by atoms with E-state index in [1.54, 1.807) is 0 Å². The molecule has 0 atom stereocenters. The zero-order valence-electron chi connectivity index (χ0n) is 12.0. The second-order valence-corrected chi connectivity index (χ2v) is 4.85. The molecule has 0 aliphatic carbocycles. The molecule has 0 saturated carbocycles. The van der Waals surface area contributed by atoms with Gasteiger partial charge in [-0.25, -0.2) is 4.39 Å². The average Bonchev–Trinajstić information content (AvgIpc) is 2.42. The number of benzene rings is 1. The molecular formula is C14H20F2N2O2. The van der Waals surface area contributed by atoms with Gasteiger partial charge in [-0.1, -0.05) is 20.8 Å². The van der Waals surface area contributed by atoms with E-state index in [0.717, 1.165) is 25.3 Å². The Morgan fingerprint density at radius 2 is 1.70 bits per heavy atom. The van der Waals surface area contributed by atoms with E-state index in [1.807, 2.05) is 20.8 Å². The quantitative estimate of drug-likeness (QED) is 0.610. The van der Waals surface area contributed by atoms with E-state index in [2.05, 4.69) is 5.32 Å². The van der Waals surface area contributed by atoms with Gasteiger partial charge in [0.25, 0.3) is 0 Å². The smallest absolute Gasteiger partial charge is 0.305 e. The zero-order valence-corrected chi connectivity index (χ0v) is 12.0. The van der Waals surface area contributed by atoms with Crippen LogP contribution in [0.25, 0.3) is 0 Å².